The van der Waals surface area contributed by atoms with Gasteiger partial charge in [-0.25, -0.2) is 8.42 Å². The van der Waals surface area contributed by atoms with Crippen LogP contribution in [0.25, 0.3) is 34.4 Å². The molecule has 7 rings (SSSR count). The minimum atomic E-state index is -4.00. The third-order valence-corrected chi connectivity index (χ3v) is 11.1. The van der Waals surface area contributed by atoms with E-state index in [1.807, 2.05) is 59.8 Å². The monoisotopic (exact) mass is 781 g/mol. The van der Waals surface area contributed by atoms with E-state index in [0.29, 0.717) is 4.90 Å². The summed E-state index contributed by atoms with van der Waals surface area (Å²) in [6.45, 7) is 6.26. The minimum absolute atomic E-state index is 0. The predicted octanol–water partition coefficient (Wildman–Crippen LogP) is 7.42. The van der Waals surface area contributed by atoms with Crippen LogP contribution in [0, 0.1) is 42.5 Å². The molecule has 0 bridgehead atoms. The van der Waals surface area contributed by atoms with Gasteiger partial charge in [0.1, 0.15) is 0 Å². The van der Waals surface area contributed by atoms with Gasteiger partial charge in [0, 0.05) is 0 Å². The molecule has 0 amide bonds. The van der Waals surface area contributed by atoms with Gasteiger partial charge in [-0.1, -0.05) is 141 Å². The smallest absolute Gasteiger partial charge is 1.00 e. The van der Waals surface area contributed by atoms with Crippen molar-refractivity contribution in [1.82, 2.24) is 4.31 Å². The summed E-state index contributed by atoms with van der Waals surface area (Å²) >= 11 is 0. The topological polar surface area (TPSA) is 37.4 Å². The van der Waals surface area contributed by atoms with Crippen LogP contribution in [0.15, 0.2) is 137 Å². The third-order valence-electron chi connectivity index (χ3n) is 9.30. The van der Waals surface area contributed by atoms with E-state index in [-0.39, 0.29) is 48.0 Å². The first-order chi connectivity index (χ1) is 21.9. The summed E-state index contributed by atoms with van der Waals surface area (Å²) in [7, 11) is -4.00. The molecule has 0 fully saturated rings. The molecule has 0 saturated heterocycles. The van der Waals surface area contributed by atoms with Crippen LogP contribution in [0.4, 0.5) is 0 Å². The molecule has 3 nitrogen and oxygen atoms in total. The van der Waals surface area contributed by atoms with Crippen molar-refractivity contribution >= 4 is 22.2 Å². The fraction of sp³-hybridized carbons (Fsp3) is 0.171. The number of rotatable bonds is 8. The maximum Gasteiger partial charge on any atom is 1.00 e. The standard InChI is InChI=1S/C41H37NO2S.ClH.La/c1-4-29-26-33-18-12-20-36(31-14-8-6-9-15-31)38(33)40(29)42(45(43,44)35-24-22-28(3)23-25-35)41-30(5-2)27-34-19-13-21-37(39(34)41)32-16-10-7-11-17-32;;/h6-27,40-41H,4-5H2,1-3H3;1H;/q;;+1/p-1. The molecule has 47 heavy (non-hydrogen) atoms. The SMILES string of the molecule is CCC1=Cc2cccc(-c3ccccc3)c2C1N(C1C(CC)=Cc2cccc(-c3ccccc3)c21)S(=O)(=O)c1ccc(C)cc1.[Cl-].[La+]. The van der Waals surface area contributed by atoms with Crippen molar-refractivity contribution in [1.29, 1.82) is 0 Å². The van der Waals surface area contributed by atoms with Crippen LogP contribution < -0.4 is 12.4 Å². The molecule has 2 aliphatic rings. The average molecular weight is 782 g/mol. The predicted molar refractivity (Wildman–Crippen MR) is 186 cm³/mol. The zero-order valence-electron chi connectivity index (χ0n) is 26.9. The number of halogens is 1. The number of sulfonamides is 1. The molecule has 5 aromatic carbocycles. The minimum Gasteiger partial charge on any atom is -1.00 e. The third kappa shape index (κ3) is 6.30. The number of fused-ring (bicyclic) bond motifs is 2. The van der Waals surface area contributed by atoms with Gasteiger partial charge in [-0.3, -0.25) is 0 Å². The molecule has 0 N–H and O–H groups in total. The molecule has 2 atom stereocenters. The number of hydrogen-bond acceptors (Lipinski definition) is 2. The summed E-state index contributed by atoms with van der Waals surface area (Å²) in [5.74, 6) is 0. The second-order valence-corrected chi connectivity index (χ2v) is 13.8. The molecule has 2 unspecified atom stereocenters. The molecule has 2 aliphatic carbocycles. The molecule has 0 radical (unpaired) electrons. The van der Waals surface area contributed by atoms with Crippen molar-refractivity contribution in [3.05, 3.63) is 160 Å². The van der Waals surface area contributed by atoms with E-state index in [4.69, 9.17) is 0 Å². The van der Waals surface area contributed by atoms with Crippen LogP contribution in [-0.4, -0.2) is 12.7 Å². The van der Waals surface area contributed by atoms with Gasteiger partial charge in [-0.2, -0.15) is 4.31 Å². The first kappa shape index (κ1) is 35.3. The van der Waals surface area contributed by atoms with Crippen LogP contribution in [0.2, 0.25) is 0 Å². The first-order valence-corrected chi connectivity index (χ1v) is 17.2. The number of aryl methyl sites for hydroxylation is 1. The fourth-order valence-electron chi connectivity index (χ4n) is 7.13. The zero-order valence-corrected chi connectivity index (χ0v) is 32.1. The van der Waals surface area contributed by atoms with Crippen molar-refractivity contribution in [2.75, 3.05) is 0 Å². The van der Waals surface area contributed by atoms with Crippen LogP contribution in [0.1, 0.15) is 66.6 Å². The van der Waals surface area contributed by atoms with E-state index in [9.17, 15) is 0 Å². The summed E-state index contributed by atoms with van der Waals surface area (Å²) in [4.78, 5) is 0.315. The van der Waals surface area contributed by atoms with Gasteiger partial charge in [0.05, 0.1) is 17.0 Å². The van der Waals surface area contributed by atoms with Gasteiger partial charge in [0.2, 0.25) is 10.0 Å². The Hall–Kier alpha value is -3.03. The van der Waals surface area contributed by atoms with E-state index >= 15 is 8.42 Å². The van der Waals surface area contributed by atoms with Gasteiger partial charge in [-0.05, 0) is 87.6 Å². The van der Waals surface area contributed by atoms with Gasteiger partial charge in [0.25, 0.3) is 0 Å². The molecular weight excluding hydrogens is 745 g/mol. The van der Waals surface area contributed by atoms with Crippen molar-refractivity contribution < 1.29 is 56.4 Å². The Balaban J connectivity index is 0.00000217. The van der Waals surface area contributed by atoms with E-state index in [2.05, 4.69) is 86.7 Å². The van der Waals surface area contributed by atoms with Crippen molar-refractivity contribution in [2.45, 2.75) is 50.6 Å². The quantitative estimate of drug-likeness (QED) is 0.165. The molecular formula is C41H37ClLaNO2S. The van der Waals surface area contributed by atoms with Crippen molar-refractivity contribution in [3.63, 3.8) is 0 Å². The fourth-order valence-corrected chi connectivity index (χ4v) is 8.89. The van der Waals surface area contributed by atoms with E-state index in [0.717, 1.165) is 74.1 Å². The molecule has 5 aromatic rings. The van der Waals surface area contributed by atoms with Gasteiger partial charge < -0.3 is 12.4 Å². The number of hydrogen-bond donors (Lipinski definition) is 0. The Labute approximate surface area is 313 Å². The summed E-state index contributed by atoms with van der Waals surface area (Å²) in [5.41, 5.74) is 11.8. The summed E-state index contributed by atoms with van der Waals surface area (Å²) in [6, 6.07) is 39.8. The van der Waals surface area contributed by atoms with Gasteiger partial charge >= 0.3 is 35.6 Å². The second-order valence-electron chi connectivity index (χ2n) is 11.9. The molecule has 0 saturated carbocycles. The van der Waals surface area contributed by atoms with E-state index in [1.165, 1.54) is 0 Å². The van der Waals surface area contributed by atoms with Crippen LogP contribution >= 0.6 is 0 Å². The summed E-state index contributed by atoms with van der Waals surface area (Å²) < 4.78 is 32.5. The van der Waals surface area contributed by atoms with Crippen LogP contribution in [0.3, 0.4) is 0 Å². The largest absolute Gasteiger partial charge is 1.00 e. The Kier molecular flexibility index (Phi) is 11.0. The Morgan fingerprint density at radius 2 is 1.00 bits per heavy atom. The van der Waals surface area contributed by atoms with Gasteiger partial charge in [-0.15, -0.1) is 0 Å². The molecule has 0 aliphatic heterocycles. The Bertz CT molecular complexity index is 1940. The summed E-state index contributed by atoms with van der Waals surface area (Å²) in [6.07, 6.45) is 5.91. The maximum absolute atomic E-state index is 15.3. The first-order valence-electron chi connectivity index (χ1n) is 15.8. The van der Waals surface area contributed by atoms with E-state index < -0.39 is 22.1 Å². The zero-order chi connectivity index (χ0) is 31.1. The summed E-state index contributed by atoms with van der Waals surface area (Å²) in [5, 5.41) is 0. The van der Waals surface area contributed by atoms with Gasteiger partial charge in [0.15, 0.2) is 0 Å². The number of benzene rings is 5. The normalized spacial score (nSPS) is 16.4. The average Bonchev–Trinajstić information content (AvgIpc) is 3.64. The molecule has 0 aromatic heterocycles. The van der Waals surface area contributed by atoms with E-state index in [1.54, 1.807) is 12.1 Å². The Morgan fingerprint density at radius 1 is 0.574 bits per heavy atom. The number of nitrogens with zero attached hydrogens (tertiary/aromatic N) is 1. The molecule has 0 heterocycles. The van der Waals surface area contributed by atoms with Crippen molar-refractivity contribution in [3.8, 4) is 22.3 Å². The van der Waals surface area contributed by atoms with Crippen molar-refractivity contribution in [2.24, 2.45) is 0 Å². The maximum atomic E-state index is 15.3. The second kappa shape index (κ2) is 14.6. The molecule has 6 heteroatoms. The Morgan fingerprint density at radius 3 is 1.40 bits per heavy atom. The van der Waals surface area contributed by atoms with Crippen LogP contribution in [-0.2, 0) is 10.0 Å². The van der Waals surface area contributed by atoms with Crippen LogP contribution in [0.5, 0.6) is 0 Å². The molecule has 0 spiro atoms. The molecule has 234 valence electrons.